The van der Waals surface area contributed by atoms with E-state index in [0.717, 1.165) is 12.1 Å². The Hall–Kier alpha value is -0.730. The van der Waals surface area contributed by atoms with Crippen LogP contribution in [0.4, 0.5) is 5.69 Å². The summed E-state index contributed by atoms with van der Waals surface area (Å²) >= 11 is 6.09. The van der Waals surface area contributed by atoms with E-state index in [1.807, 2.05) is 30.3 Å². The van der Waals surface area contributed by atoms with Crippen molar-refractivity contribution in [2.75, 3.05) is 11.2 Å². The number of para-hydroxylation sites is 1. The van der Waals surface area contributed by atoms with Gasteiger partial charge in [0.15, 0.2) is 0 Å². The van der Waals surface area contributed by atoms with Crippen LogP contribution in [0.5, 0.6) is 0 Å². The van der Waals surface area contributed by atoms with Gasteiger partial charge in [0, 0.05) is 11.8 Å². The maximum atomic E-state index is 6.09. The van der Waals surface area contributed by atoms with Gasteiger partial charge in [-0.25, -0.2) is 0 Å². The number of hydrogen-bond acceptors (Lipinski definition) is 2. The van der Waals surface area contributed by atoms with Gasteiger partial charge in [-0.15, -0.1) is 0 Å². The van der Waals surface area contributed by atoms with E-state index >= 15 is 0 Å². The average Bonchev–Trinajstić information content (AvgIpc) is 2.70. The lowest BCUT2D eigenvalue weighted by Crippen LogP contribution is -2.12. The smallest absolute Gasteiger partial charge is 0.0827 e. The van der Waals surface area contributed by atoms with Crippen molar-refractivity contribution in [2.24, 2.45) is 0 Å². The van der Waals surface area contributed by atoms with Crippen LogP contribution in [0.15, 0.2) is 30.3 Å². The highest BCUT2D eigenvalue weighted by molar-refractivity contribution is 6.24. The predicted octanol–water partition coefficient (Wildman–Crippen LogP) is 8.84. The van der Waals surface area contributed by atoms with Gasteiger partial charge in [0.2, 0.25) is 0 Å². The first-order valence-electron chi connectivity index (χ1n) is 11.5. The molecule has 0 radical (unpaired) electrons. The van der Waals surface area contributed by atoms with Crippen LogP contribution < -0.4 is 4.58 Å². The van der Waals surface area contributed by atoms with Crippen molar-refractivity contribution < 1.29 is 4.84 Å². The van der Waals surface area contributed by atoms with Crippen molar-refractivity contribution in [2.45, 2.75) is 110 Å². The summed E-state index contributed by atoms with van der Waals surface area (Å²) in [5.74, 6) is 0. The van der Waals surface area contributed by atoms with Crippen LogP contribution in [0, 0.1) is 0 Å². The summed E-state index contributed by atoms with van der Waals surface area (Å²) in [5.41, 5.74) is 0.885. The molecule has 0 N–H and O–H groups in total. The molecule has 0 spiro atoms. The summed E-state index contributed by atoms with van der Waals surface area (Å²) in [6, 6.07) is 9.79. The molecule has 0 aliphatic rings. The summed E-state index contributed by atoms with van der Waals surface area (Å²) < 4.78 is 1.35. The van der Waals surface area contributed by atoms with E-state index in [4.69, 9.17) is 16.6 Å². The third kappa shape index (κ3) is 14.9. The van der Waals surface area contributed by atoms with Crippen LogP contribution in [-0.4, -0.2) is 6.61 Å². The monoisotopic (exact) mass is 395 g/mol. The quantitative estimate of drug-likeness (QED) is 0.132. The van der Waals surface area contributed by atoms with Gasteiger partial charge in [0.25, 0.3) is 0 Å². The topological polar surface area (TPSA) is 12.5 Å². The summed E-state index contributed by atoms with van der Waals surface area (Å²) in [6.07, 6.45) is 22.1. The summed E-state index contributed by atoms with van der Waals surface area (Å²) in [5, 5.41) is 0. The first-order valence-corrected chi connectivity index (χ1v) is 11.8. The highest BCUT2D eigenvalue weighted by atomic mass is 35.5. The molecule has 156 valence electrons. The lowest BCUT2D eigenvalue weighted by atomic mass is 10.0. The highest BCUT2D eigenvalue weighted by Gasteiger charge is 2.02. The molecule has 0 atom stereocenters. The number of benzene rings is 1. The minimum atomic E-state index is 0.691. The number of rotatable bonds is 19. The molecule has 0 aliphatic carbocycles. The average molecular weight is 396 g/mol. The molecule has 0 aromatic heterocycles. The second kappa shape index (κ2) is 18.6. The van der Waals surface area contributed by atoms with Crippen molar-refractivity contribution >= 4 is 17.5 Å². The molecule has 0 aliphatic heterocycles. The number of nitrogens with zero attached hydrogens (tertiary/aromatic N) is 1. The predicted molar refractivity (Wildman–Crippen MR) is 120 cm³/mol. The van der Waals surface area contributed by atoms with Crippen LogP contribution in [0.2, 0.25) is 0 Å². The Morgan fingerprint density at radius 1 is 0.630 bits per heavy atom. The second-order valence-electron chi connectivity index (χ2n) is 7.72. The van der Waals surface area contributed by atoms with Crippen LogP contribution in [0.25, 0.3) is 0 Å². The molecule has 0 saturated heterocycles. The van der Waals surface area contributed by atoms with Gasteiger partial charge in [-0.05, 0) is 18.6 Å². The van der Waals surface area contributed by atoms with Gasteiger partial charge in [-0.3, -0.25) is 4.84 Å². The molecule has 0 bridgehead atoms. The Labute approximate surface area is 173 Å². The molecule has 1 aromatic carbocycles. The van der Waals surface area contributed by atoms with Crippen molar-refractivity contribution in [3.05, 3.63) is 30.3 Å². The zero-order valence-electron chi connectivity index (χ0n) is 17.6. The van der Waals surface area contributed by atoms with E-state index in [-0.39, 0.29) is 0 Å². The fourth-order valence-corrected chi connectivity index (χ4v) is 3.60. The van der Waals surface area contributed by atoms with Crippen molar-refractivity contribution in [1.82, 2.24) is 0 Å². The first kappa shape index (κ1) is 24.3. The SMILES string of the molecule is CCCCCCCCCCCCCCCCCCON(Cl)c1ccccc1. The van der Waals surface area contributed by atoms with Crippen molar-refractivity contribution in [1.29, 1.82) is 0 Å². The van der Waals surface area contributed by atoms with Crippen LogP contribution in [0.1, 0.15) is 110 Å². The first-order chi connectivity index (χ1) is 13.3. The fourth-order valence-electron chi connectivity index (χ4n) is 3.41. The minimum absolute atomic E-state index is 0.691. The third-order valence-electron chi connectivity index (χ3n) is 5.16. The van der Waals surface area contributed by atoms with Gasteiger partial charge in [-0.2, -0.15) is 4.58 Å². The summed E-state index contributed by atoms with van der Waals surface area (Å²) in [6.45, 7) is 2.98. The molecule has 1 aromatic rings. The van der Waals surface area contributed by atoms with Crippen molar-refractivity contribution in [3.63, 3.8) is 0 Å². The molecule has 3 heteroatoms. The molecule has 0 unspecified atom stereocenters. The zero-order valence-corrected chi connectivity index (χ0v) is 18.4. The Kier molecular flexibility index (Phi) is 16.8. The maximum absolute atomic E-state index is 6.09. The highest BCUT2D eigenvalue weighted by Crippen LogP contribution is 2.17. The normalized spacial score (nSPS) is 11.0. The minimum Gasteiger partial charge on any atom is -0.258 e. The molecular weight excluding hydrogens is 354 g/mol. The molecule has 27 heavy (non-hydrogen) atoms. The molecule has 0 heterocycles. The van der Waals surface area contributed by atoms with E-state index in [1.165, 1.54) is 101 Å². The van der Waals surface area contributed by atoms with E-state index in [0.29, 0.717) is 6.61 Å². The second-order valence-corrected chi connectivity index (χ2v) is 8.02. The molecular formula is C24H42ClNO. The van der Waals surface area contributed by atoms with Crippen LogP contribution >= 0.6 is 11.8 Å². The van der Waals surface area contributed by atoms with Crippen LogP contribution in [-0.2, 0) is 4.84 Å². The molecule has 1 rings (SSSR count). The summed E-state index contributed by atoms with van der Waals surface area (Å²) in [4.78, 5) is 5.55. The van der Waals surface area contributed by atoms with E-state index in [2.05, 4.69) is 6.92 Å². The molecule has 0 fully saturated rings. The molecule has 0 saturated carbocycles. The standard InChI is InChI=1S/C24H42ClNO/c1-2-3-4-5-6-7-8-9-10-11-12-13-14-15-16-20-23-27-26(25)24-21-18-17-19-22-24/h17-19,21-22H,2-16,20,23H2,1H3. The lowest BCUT2D eigenvalue weighted by Gasteiger charge is -2.14. The van der Waals surface area contributed by atoms with Gasteiger partial charge >= 0.3 is 0 Å². The largest absolute Gasteiger partial charge is 0.258 e. The Bertz CT molecular complexity index is 412. The lowest BCUT2D eigenvalue weighted by molar-refractivity contribution is 0.146. The molecule has 0 amide bonds. The van der Waals surface area contributed by atoms with Crippen molar-refractivity contribution in [3.8, 4) is 0 Å². The number of unbranched alkanes of at least 4 members (excludes halogenated alkanes) is 15. The maximum Gasteiger partial charge on any atom is 0.0827 e. The van der Waals surface area contributed by atoms with Gasteiger partial charge in [0.1, 0.15) is 0 Å². The van der Waals surface area contributed by atoms with Gasteiger partial charge < -0.3 is 0 Å². The number of halogens is 1. The third-order valence-corrected chi connectivity index (χ3v) is 5.45. The fraction of sp³-hybridized carbons (Fsp3) is 0.750. The Morgan fingerprint density at radius 2 is 1.04 bits per heavy atom. The van der Waals surface area contributed by atoms with Gasteiger partial charge in [0.05, 0.1) is 12.3 Å². The zero-order chi connectivity index (χ0) is 19.4. The van der Waals surface area contributed by atoms with E-state index in [9.17, 15) is 0 Å². The Morgan fingerprint density at radius 3 is 1.48 bits per heavy atom. The van der Waals surface area contributed by atoms with Gasteiger partial charge in [-0.1, -0.05) is 121 Å². The van der Waals surface area contributed by atoms with E-state index in [1.54, 1.807) is 0 Å². The van der Waals surface area contributed by atoms with Crippen LogP contribution in [0.3, 0.4) is 0 Å². The molecule has 2 nitrogen and oxygen atoms in total. The Balaban J connectivity index is 1.74. The number of anilines is 1. The summed E-state index contributed by atoms with van der Waals surface area (Å²) in [7, 11) is 0. The van der Waals surface area contributed by atoms with E-state index < -0.39 is 0 Å². The number of hydrogen-bond donors (Lipinski definition) is 0.